The van der Waals surface area contributed by atoms with Gasteiger partial charge in [0.05, 0.1) is 16.0 Å². The molecule has 2 heterocycles. The molecule has 3 amide bonds. The summed E-state index contributed by atoms with van der Waals surface area (Å²) in [5.41, 5.74) is 2.19. The monoisotopic (exact) mass is 680 g/mol. The first-order valence-electron chi connectivity index (χ1n) is 12.9. The van der Waals surface area contributed by atoms with Gasteiger partial charge in [-0.15, -0.1) is 11.3 Å². The lowest BCUT2D eigenvalue weighted by molar-refractivity contribution is -0.122. The van der Waals surface area contributed by atoms with Gasteiger partial charge in [-0.25, -0.2) is 8.42 Å². The summed E-state index contributed by atoms with van der Waals surface area (Å²) in [6.45, 7) is 2.10. The van der Waals surface area contributed by atoms with E-state index in [4.69, 9.17) is 11.6 Å². The maximum atomic E-state index is 13.8. The van der Waals surface area contributed by atoms with E-state index in [0.717, 1.165) is 27.1 Å². The van der Waals surface area contributed by atoms with Crippen LogP contribution in [-0.2, 0) is 32.6 Å². The molecular formula is C28H30BrClN4O5S2. The molecule has 41 heavy (non-hydrogen) atoms. The van der Waals surface area contributed by atoms with Crippen molar-refractivity contribution < 1.29 is 22.8 Å². The van der Waals surface area contributed by atoms with Crippen molar-refractivity contribution in [3.63, 3.8) is 0 Å². The fourth-order valence-corrected chi connectivity index (χ4v) is 7.27. The number of hydrogen-bond donors (Lipinski definition) is 2. The number of hydrogen-bond acceptors (Lipinski definition) is 6. The summed E-state index contributed by atoms with van der Waals surface area (Å²) in [4.78, 5) is 39.5. The van der Waals surface area contributed by atoms with Crippen molar-refractivity contribution in [2.45, 2.75) is 43.7 Å². The minimum atomic E-state index is -3.77. The summed E-state index contributed by atoms with van der Waals surface area (Å²) in [6, 6.07) is 13.6. The van der Waals surface area contributed by atoms with Crippen LogP contribution in [0.5, 0.6) is 0 Å². The van der Waals surface area contributed by atoms with Gasteiger partial charge in [0, 0.05) is 50.2 Å². The quantitative estimate of drug-likeness (QED) is 0.304. The number of benzene rings is 2. The molecule has 0 spiro atoms. The minimum Gasteiger partial charge on any atom is -0.356 e. The Kier molecular flexibility index (Phi) is 10.2. The molecule has 0 saturated heterocycles. The van der Waals surface area contributed by atoms with Gasteiger partial charge in [-0.2, -0.15) is 4.31 Å². The molecule has 0 saturated carbocycles. The number of halogens is 2. The van der Waals surface area contributed by atoms with Gasteiger partial charge in [0.2, 0.25) is 21.8 Å². The van der Waals surface area contributed by atoms with Crippen LogP contribution in [0.15, 0.2) is 63.3 Å². The van der Waals surface area contributed by atoms with Crippen molar-refractivity contribution in [2.75, 3.05) is 25.0 Å². The highest BCUT2D eigenvalue weighted by Crippen LogP contribution is 2.35. The van der Waals surface area contributed by atoms with Gasteiger partial charge in [0.15, 0.2) is 0 Å². The van der Waals surface area contributed by atoms with Crippen LogP contribution in [0.25, 0.3) is 0 Å². The van der Waals surface area contributed by atoms with E-state index < -0.39 is 10.0 Å². The average molecular weight is 682 g/mol. The number of carbonyl (C=O) groups excluding carboxylic acids is 3. The maximum absolute atomic E-state index is 13.8. The van der Waals surface area contributed by atoms with E-state index in [1.807, 2.05) is 24.3 Å². The molecule has 9 nitrogen and oxygen atoms in total. The Bertz CT molecular complexity index is 1550. The van der Waals surface area contributed by atoms with E-state index in [1.165, 1.54) is 30.4 Å². The third-order valence-electron chi connectivity index (χ3n) is 6.63. The third kappa shape index (κ3) is 7.55. The van der Waals surface area contributed by atoms with E-state index in [2.05, 4.69) is 26.6 Å². The van der Waals surface area contributed by atoms with Crippen LogP contribution in [0, 0.1) is 0 Å². The molecule has 0 fully saturated rings. The van der Waals surface area contributed by atoms with E-state index >= 15 is 0 Å². The Labute approximate surface area is 257 Å². The second kappa shape index (κ2) is 13.5. The van der Waals surface area contributed by atoms with Gasteiger partial charge in [0.25, 0.3) is 5.91 Å². The summed E-state index contributed by atoms with van der Waals surface area (Å²) in [6.07, 6.45) is 1.33. The van der Waals surface area contributed by atoms with Crippen LogP contribution < -0.4 is 15.5 Å². The first-order valence-corrected chi connectivity index (χ1v) is 16.4. The molecule has 3 aromatic rings. The number of para-hydroxylation sites is 1. The summed E-state index contributed by atoms with van der Waals surface area (Å²) in [5.74, 6) is -0.614. The van der Waals surface area contributed by atoms with Crippen LogP contribution in [0.2, 0.25) is 5.02 Å². The molecule has 1 aliphatic heterocycles. The number of anilines is 1. The molecule has 4 rings (SSSR count). The lowest BCUT2D eigenvalue weighted by atomic mass is 9.97. The van der Waals surface area contributed by atoms with Gasteiger partial charge in [-0.1, -0.05) is 45.7 Å². The predicted octanol–water partition coefficient (Wildman–Crippen LogP) is 4.59. The summed E-state index contributed by atoms with van der Waals surface area (Å²) < 4.78 is 28.1. The van der Waals surface area contributed by atoms with E-state index in [0.29, 0.717) is 29.8 Å². The molecule has 0 radical (unpaired) electrons. The number of fused-ring (bicyclic) bond motifs is 1. The van der Waals surface area contributed by atoms with Gasteiger partial charge in [-0.3, -0.25) is 14.4 Å². The molecule has 2 aromatic carbocycles. The Morgan fingerprint density at radius 1 is 1.15 bits per heavy atom. The molecular weight excluding hydrogens is 652 g/mol. The standard InChI is InChI=1S/C28H30BrClN4O5S2/c1-18(35)31-13-5-8-25(36)32-22-14-19-6-3-4-7-24(19)34(16-22)28(37)27-26(30)20(17-40-27)15-33(2)41(38,39)23-11-9-21(29)10-12-23/h3-4,6-7,9-12,17,22H,5,8,13-16H2,1-2H3,(H,31,35)(H,32,36). The van der Waals surface area contributed by atoms with Crippen LogP contribution in [0.3, 0.4) is 0 Å². The molecule has 2 N–H and O–H groups in total. The van der Waals surface area contributed by atoms with E-state index in [-0.39, 0.29) is 53.2 Å². The summed E-state index contributed by atoms with van der Waals surface area (Å²) in [7, 11) is -2.30. The zero-order valence-electron chi connectivity index (χ0n) is 22.5. The van der Waals surface area contributed by atoms with Crippen molar-refractivity contribution in [1.82, 2.24) is 14.9 Å². The minimum absolute atomic E-state index is 0.00519. The molecule has 1 aliphatic rings. The molecule has 1 unspecified atom stereocenters. The number of carbonyl (C=O) groups is 3. The lowest BCUT2D eigenvalue weighted by Gasteiger charge is -2.35. The van der Waals surface area contributed by atoms with Crippen LogP contribution in [0.1, 0.15) is 40.6 Å². The number of amides is 3. The van der Waals surface area contributed by atoms with Crippen LogP contribution >= 0.6 is 38.9 Å². The van der Waals surface area contributed by atoms with Gasteiger partial charge in [-0.05, 0) is 59.7 Å². The highest BCUT2D eigenvalue weighted by Gasteiger charge is 2.32. The highest BCUT2D eigenvalue weighted by molar-refractivity contribution is 9.10. The fraction of sp³-hybridized carbons (Fsp3) is 0.321. The second-order valence-electron chi connectivity index (χ2n) is 9.72. The van der Waals surface area contributed by atoms with Gasteiger partial charge >= 0.3 is 0 Å². The molecule has 0 aliphatic carbocycles. The Balaban J connectivity index is 1.48. The summed E-state index contributed by atoms with van der Waals surface area (Å²) in [5, 5.41) is 7.60. The summed E-state index contributed by atoms with van der Waals surface area (Å²) >= 11 is 11.1. The maximum Gasteiger partial charge on any atom is 0.269 e. The predicted molar refractivity (Wildman–Crippen MR) is 164 cm³/mol. The lowest BCUT2D eigenvalue weighted by Crippen LogP contribution is -2.50. The fourth-order valence-electron chi connectivity index (χ4n) is 4.56. The van der Waals surface area contributed by atoms with Gasteiger partial charge < -0.3 is 15.5 Å². The molecule has 0 bridgehead atoms. The van der Waals surface area contributed by atoms with Crippen molar-refractivity contribution in [3.05, 3.63) is 79.4 Å². The number of thiophene rings is 1. The average Bonchev–Trinajstić information content (AvgIpc) is 3.29. The zero-order chi connectivity index (χ0) is 29.7. The molecule has 218 valence electrons. The number of sulfonamides is 1. The van der Waals surface area contributed by atoms with E-state index in [1.54, 1.807) is 22.4 Å². The van der Waals surface area contributed by atoms with Crippen molar-refractivity contribution >= 4 is 72.3 Å². The topological polar surface area (TPSA) is 116 Å². The Hall–Kier alpha value is -2.77. The number of rotatable bonds is 10. The zero-order valence-corrected chi connectivity index (χ0v) is 26.5. The molecule has 13 heteroatoms. The number of nitrogens with one attached hydrogen (secondary N) is 2. The highest BCUT2D eigenvalue weighted by atomic mass is 79.9. The second-order valence-corrected chi connectivity index (χ2v) is 13.9. The van der Waals surface area contributed by atoms with Crippen LogP contribution in [0.4, 0.5) is 5.69 Å². The molecule has 1 atom stereocenters. The smallest absolute Gasteiger partial charge is 0.269 e. The normalized spacial score (nSPS) is 15.0. The first-order chi connectivity index (χ1) is 19.5. The Morgan fingerprint density at radius 2 is 1.85 bits per heavy atom. The third-order valence-corrected chi connectivity index (χ3v) is 10.5. The van der Waals surface area contributed by atoms with Gasteiger partial charge in [0.1, 0.15) is 4.88 Å². The van der Waals surface area contributed by atoms with Crippen molar-refractivity contribution in [2.24, 2.45) is 0 Å². The van der Waals surface area contributed by atoms with E-state index in [9.17, 15) is 22.8 Å². The largest absolute Gasteiger partial charge is 0.356 e. The molecule has 1 aromatic heterocycles. The Morgan fingerprint density at radius 3 is 2.56 bits per heavy atom. The number of nitrogens with zero attached hydrogens (tertiary/aromatic N) is 2. The SMILES string of the molecule is CC(=O)NCCCC(=O)NC1Cc2ccccc2N(C(=O)c2scc(CN(C)S(=O)(=O)c3ccc(Br)cc3)c2Cl)C1. The van der Waals surface area contributed by atoms with Crippen molar-refractivity contribution in [3.8, 4) is 0 Å². The van der Waals surface area contributed by atoms with Crippen molar-refractivity contribution in [1.29, 1.82) is 0 Å². The first kappa shape index (κ1) is 31.2. The van der Waals surface area contributed by atoms with Crippen LogP contribution in [-0.4, -0.2) is 56.6 Å².